The van der Waals surface area contributed by atoms with Crippen molar-refractivity contribution in [2.24, 2.45) is 28.2 Å². The van der Waals surface area contributed by atoms with Gasteiger partial charge in [0.05, 0.1) is 19.8 Å². The van der Waals surface area contributed by atoms with Crippen molar-refractivity contribution >= 4 is 17.7 Å². The molecule has 4 fully saturated rings. The second kappa shape index (κ2) is 11.3. The van der Waals surface area contributed by atoms with Crippen LogP contribution in [0.3, 0.4) is 0 Å². The summed E-state index contributed by atoms with van der Waals surface area (Å²) in [6, 6.07) is 15.1. The number of aliphatic hydroxyl groups is 1. The molecule has 3 aliphatic carbocycles. The van der Waals surface area contributed by atoms with E-state index in [9.17, 15) is 5.11 Å². The zero-order chi connectivity index (χ0) is 28.7. The van der Waals surface area contributed by atoms with E-state index in [0.717, 1.165) is 89.8 Å². The first kappa shape index (κ1) is 28.1. The Labute approximate surface area is 244 Å². The van der Waals surface area contributed by atoms with Crippen LogP contribution in [0.2, 0.25) is 0 Å². The molecular weight excluding hydrogens is 512 g/mol. The van der Waals surface area contributed by atoms with E-state index in [-0.39, 0.29) is 12.6 Å². The molecule has 220 valence electrons. The van der Waals surface area contributed by atoms with E-state index in [1.165, 1.54) is 12.8 Å². The Hall–Kier alpha value is -3.07. The number of guanidine groups is 1. The Balaban J connectivity index is 1.05. The largest absolute Gasteiger partial charge is 0.497 e. The SMILES string of the molecule is CN=C(Nc1ccc(C2NC(CO)=Cc3ccc(OC)cc32)cc1)NN1CCN(C2CC3CC(C2C)C3(C)C)CC1. The minimum absolute atomic E-state index is 0.0310. The number of nitrogens with zero attached hydrogens (tertiary/aromatic N) is 3. The quantitative estimate of drug-likeness (QED) is 0.311. The molecule has 0 radical (unpaired) electrons. The lowest BCUT2D eigenvalue weighted by molar-refractivity contribution is -0.143. The monoisotopic (exact) mass is 558 g/mol. The van der Waals surface area contributed by atoms with Gasteiger partial charge in [0, 0.05) is 50.7 Å². The number of hydrazine groups is 1. The fraction of sp³-hybridized carbons (Fsp3) is 0.545. The van der Waals surface area contributed by atoms with Gasteiger partial charge in [-0.05, 0) is 83.0 Å². The van der Waals surface area contributed by atoms with Crippen LogP contribution >= 0.6 is 0 Å². The lowest BCUT2D eigenvalue weighted by Crippen LogP contribution is -2.64. The second-order valence-corrected chi connectivity index (χ2v) is 12.9. The van der Waals surface area contributed by atoms with E-state index < -0.39 is 0 Å². The van der Waals surface area contributed by atoms with Crippen LogP contribution in [0.1, 0.15) is 56.3 Å². The van der Waals surface area contributed by atoms with Crippen LogP contribution in [0.5, 0.6) is 5.75 Å². The third-order valence-corrected chi connectivity index (χ3v) is 10.5. The summed E-state index contributed by atoms with van der Waals surface area (Å²) in [6.07, 6.45) is 4.80. The van der Waals surface area contributed by atoms with E-state index >= 15 is 0 Å². The molecule has 5 unspecified atom stereocenters. The first-order valence-corrected chi connectivity index (χ1v) is 15.2. The average Bonchev–Trinajstić information content (AvgIpc) is 3.00. The fourth-order valence-corrected chi connectivity index (χ4v) is 7.86. The number of nitrogens with one attached hydrogen (secondary N) is 3. The van der Waals surface area contributed by atoms with Crippen molar-refractivity contribution < 1.29 is 9.84 Å². The molecule has 3 saturated carbocycles. The maximum absolute atomic E-state index is 9.82. The maximum Gasteiger partial charge on any atom is 0.210 e. The van der Waals surface area contributed by atoms with Gasteiger partial charge in [-0.1, -0.05) is 39.0 Å². The van der Waals surface area contributed by atoms with Gasteiger partial charge < -0.3 is 20.5 Å². The molecule has 4 N–H and O–H groups in total. The number of rotatable bonds is 6. The van der Waals surface area contributed by atoms with Crippen molar-refractivity contribution in [3.8, 4) is 5.75 Å². The van der Waals surface area contributed by atoms with Gasteiger partial charge in [0.1, 0.15) is 5.75 Å². The zero-order valence-corrected chi connectivity index (χ0v) is 25.2. The molecule has 2 aromatic carbocycles. The molecule has 8 heteroatoms. The number of piperazine rings is 1. The Morgan fingerprint density at radius 1 is 1.10 bits per heavy atom. The first-order chi connectivity index (χ1) is 19.8. The molecule has 1 saturated heterocycles. The van der Waals surface area contributed by atoms with Crippen LogP contribution in [0, 0.1) is 23.2 Å². The van der Waals surface area contributed by atoms with Gasteiger partial charge in [-0.25, -0.2) is 5.01 Å². The molecule has 0 aromatic heterocycles. The normalized spacial score (nSPS) is 29.5. The Morgan fingerprint density at radius 2 is 1.85 bits per heavy atom. The standard InChI is InChI=1S/C33H46N6O2/c1-21-29-17-24(33(29,2)3)18-30(21)38-12-14-39(15-13-38)37-32(34-4)36-25-9-6-22(7-10-25)31-28-19-27(41-5)11-8-23(28)16-26(20-40)35-31/h6-11,16,19,21,24,29-31,35,40H,12-15,17-18,20H2,1-5H3,(H2,34,36,37). The lowest BCUT2D eigenvalue weighted by atomic mass is 9.44. The minimum atomic E-state index is -0.0705. The highest BCUT2D eigenvalue weighted by atomic mass is 16.5. The molecule has 2 aromatic rings. The Bertz CT molecular complexity index is 1300. The van der Waals surface area contributed by atoms with Crippen LogP contribution in [-0.2, 0) is 0 Å². The van der Waals surface area contributed by atoms with E-state index in [2.05, 4.69) is 82.1 Å². The Morgan fingerprint density at radius 3 is 2.49 bits per heavy atom. The first-order valence-electron chi connectivity index (χ1n) is 15.2. The molecule has 8 nitrogen and oxygen atoms in total. The number of hydrogen-bond acceptors (Lipinski definition) is 6. The summed E-state index contributed by atoms with van der Waals surface area (Å²) in [5.41, 5.74) is 9.16. The van der Waals surface area contributed by atoms with Crippen molar-refractivity contribution in [1.29, 1.82) is 0 Å². The van der Waals surface area contributed by atoms with Gasteiger partial charge in [0.25, 0.3) is 0 Å². The molecule has 5 atom stereocenters. The van der Waals surface area contributed by atoms with E-state index in [1.54, 1.807) is 7.11 Å². The summed E-state index contributed by atoms with van der Waals surface area (Å²) in [5, 5.41) is 19.0. The van der Waals surface area contributed by atoms with Crippen molar-refractivity contribution in [2.75, 3.05) is 52.3 Å². The number of hydrogen-bond donors (Lipinski definition) is 4. The van der Waals surface area contributed by atoms with Crippen molar-refractivity contribution in [3.63, 3.8) is 0 Å². The van der Waals surface area contributed by atoms with Gasteiger partial charge in [0.2, 0.25) is 5.96 Å². The molecule has 2 heterocycles. The second-order valence-electron chi connectivity index (χ2n) is 12.9. The molecule has 2 bridgehead atoms. The number of ether oxygens (including phenoxy) is 1. The number of methoxy groups -OCH3 is 1. The third kappa shape index (κ3) is 5.33. The summed E-state index contributed by atoms with van der Waals surface area (Å²) in [6.45, 7) is 11.6. The number of anilines is 1. The highest BCUT2D eigenvalue weighted by Crippen LogP contribution is 2.62. The van der Waals surface area contributed by atoms with E-state index in [1.807, 2.05) is 25.3 Å². The molecule has 2 aliphatic heterocycles. The highest BCUT2D eigenvalue weighted by Gasteiger charge is 2.57. The number of aliphatic imine (C=N–C) groups is 1. The summed E-state index contributed by atoms with van der Waals surface area (Å²) in [5.74, 6) is 4.14. The summed E-state index contributed by atoms with van der Waals surface area (Å²) >= 11 is 0. The molecular formula is C33H46N6O2. The van der Waals surface area contributed by atoms with Gasteiger partial charge in [0.15, 0.2) is 0 Å². The fourth-order valence-electron chi connectivity index (χ4n) is 7.86. The topological polar surface area (TPSA) is 84.4 Å². The summed E-state index contributed by atoms with van der Waals surface area (Å²) < 4.78 is 5.48. The maximum atomic E-state index is 9.82. The average molecular weight is 559 g/mol. The minimum Gasteiger partial charge on any atom is -0.497 e. The van der Waals surface area contributed by atoms with Gasteiger partial charge in [-0.15, -0.1) is 0 Å². The molecule has 0 amide bonds. The van der Waals surface area contributed by atoms with Crippen LogP contribution in [0.15, 0.2) is 53.2 Å². The summed E-state index contributed by atoms with van der Waals surface area (Å²) in [4.78, 5) is 7.24. The van der Waals surface area contributed by atoms with Gasteiger partial charge >= 0.3 is 0 Å². The number of fused-ring (bicyclic) bond motifs is 3. The van der Waals surface area contributed by atoms with Crippen molar-refractivity contribution in [2.45, 2.75) is 45.7 Å². The van der Waals surface area contributed by atoms with E-state index in [4.69, 9.17) is 4.74 Å². The smallest absolute Gasteiger partial charge is 0.210 e. The molecule has 0 spiro atoms. The van der Waals surface area contributed by atoms with Crippen LogP contribution < -0.4 is 20.8 Å². The Kier molecular flexibility index (Phi) is 7.74. The molecule has 7 rings (SSSR count). The predicted octanol–water partition coefficient (Wildman–Crippen LogP) is 4.31. The van der Waals surface area contributed by atoms with Crippen LogP contribution in [0.4, 0.5) is 5.69 Å². The van der Waals surface area contributed by atoms with Crippen LogP contribution in [-0.4, -0.2) is 74.0 Å². The highest BCUT2D eigenvalue weighted by molar-refractivity contribution is 5.93. The van der Waals surface area contributed by atoms with Crippen molar-refractivity contribution in [1.82, 2.24) is 20.7 Å². The third-order valence-electron chi connectivity index (χ3n) is 10.5. The number of aliphatic hydroxyl groups excluding tert-OH is 1. The molecule has 5 aliphatic rings. The lowest BCUT2D eigenvalue weighted by Gasteiger charge is -2.64. The summed E-state index contributed by atoms with van der Waals surface area (Å²) in [7, 11) is 3.50. The van der Waals surface area contributed by atoms with Crippen molar-refractivity contribution in [3.05, 3.63) is 64.9 Å². The predicted molar refractivity (Wildman–Crippen MR) is 166 cm³/mol. The zero-order valence-electron chi connectivity index (χ0n) is 25.2. The molecule has 41 heavy (non-hydrogen) atoms. The number of benzene rings is 2. The van der Waals surface area contributed by atoms with Crippen LogP contribution in [0.25, 0.3) is 6.08 Å². The van der Waals surface area contributed by atoms with Gasteiger partial charge in [-0.3, -0.25) is 15.3 Å². The van der Waals surface area contributed by atoms with Gasteiger partial charge in [-0.2, -0.15) is 0 Å². The van der Waals surface area contributed by atoms with E-state index in [0.29, 0.717) is 5.41 Å².